The fourth-order valence-corrected chi connectivity index (χ4v) is 2.37. The Balaban J connectivity index is 3.28. The van der Waals surface area contributed by atoms with Gasteiger partial charge in [0.25, 0.3) is 0 Å². The Morgan fingerprint density at radius 1 is 1.25 bits per heavy atom. The maximum atomic E-state index is 11.2. The van der Waals surface area contributed by atoms with Crippen molar-refractivity contribution in [3.8, 4) is 0 Å². The SMILES string of the molecule is CCS(=O)(=O)CCCNCCCC(C)CCl. The van der Waals surface area contributed by atoms with Crippen LogP contribution in [0.25, 0.3) is 0 Å². The highest BCUT2D eigenvalue weighted by Gasteiger charge is 2.05. The number of halogens is 1. The van der Waals surface area contributed by atoms with E-state index in [0.29, 0.717) is 18.1 Å². The monoisotopic (exact) mass is 269 g/mol. The Morgan fingerprint density at radius 3 is 2.44 bits per heavy atom. The summed E-state index contributed by atoms with van der Waals surface area (Å²) in [5.74, 6) is 1.84. The van der Waals surface area contributed by atoms with Crippen LogP contribution in [0.2, 0.25) is 0 Å². The van der Waals surface area contributed by atoms with Crippen molar-refractivity contribution in [1.29, 1.82) is 0 Å². The molecule has 16 heavy (non-hydrogen) atoms. The highest BCUT2D eigenvalue weighted by molar-refractivity contribution is 7.91. The quantitative estimate of drug-likeness (QED) is 0.488. The number of hydrogen-bond donors (Lipinski definition) is 1. The number of rotatable bonds is 10. The Hall–Kier alpha value is 0.200. The van der Waals surface area contributed by atoms with Gasteiger partial charge in [-0.1, -0.05) is 13.8 Å². The molecule has 0 aliphatic carbocycles. The largest absolute Gasteiger partial charge is 0.317 e. The second kappa shape index (κ2) is 9.25. The van der Waals surface area contributed by atoms with Crippen molar-refractivity contribution in [3.63, 3.8) is 0 Å². The van der Waals surface area contributed by atoms with Crippen LogP contribution in [0.1, 0.15) is 33.1 Å². The number of nitrogens with one attached hydrogen (secondary N) is 1. The first-order valence-electron chi connectivity index (χ1n) is 5.99. The van der Waals surface area contributed by atoms with Crippen LogP contribution in [0.5, 0.6) is 0 Å². The highest BCUT2D eigenvalue weighted by Crippen LogP contribution is 2.05. The smallest absolute Gasteiger partial charge is 0.150 e. The van der Waals surface area contributed by atoms with Gasteiger partial charge in [0.2, 0.25) is 0 Å². The molecule has 0 radical (unpaired) electrons. The van der Waals surface area contributed by atoms with Gasteiger partial charge in [0.05, 0.1) is 5.75 Å². The van der Waals surface area contributed by atoms with E-state index in [2.05, 4.69) is 12.2 Å². The standard InChI is InChI=1S/C11H24ClNO2S/c1-3-16(14,15)9-5-8-13-7-4-6-11(2)10-12/h11,13H,3-10H2,1-2H3. The summed E-state index contributed by atoms with van der Waals surface area (Å²) in [5, 5.41) is 3.25. The Kier molecular flexibility index (Phi) is 9.37. The van der Waals surface area contributed by atoms with E-state index in [1.807, 2.05) is 0 Å². The third kappa shape index (κ3) is 9.43. The second-order valence-corrected chi connectivity index (χ2v) is 7.02. The van der Waals surface area contributed by atoms with Crippen molar-refractivity contribution in [2.75, 3.05) is 30.5 Å². The van der Waals surface area contributed by atoms with Crippen molar-refractivity contribution in [1.82, 2.24) is 5.32 Å². The van der Waals surface area contributed by atoms with Crippen LogP contribution in [-0.4, -0.2) is 38.9 Å². The zero-order valence-corrected chi connectivity index (χ0v) is 11.9. The fourth-order valence-electron chi connectivity index (χ4n) is 1.34. The molecule has 0 aromatic rings. The summed E-state index contributed by atoms with van der Waals surface area (Å²) in [6, 6.07) is 0. The molecule has 0 saturated carbocycles. The van der Waals surface area contributed by atoms with Crippen LogP contribution in [-0.2, 0) is 9.84 Å². The van der Waals surface area contributed by atoms with Gasteiger partial charge in [-0.25, -0.2) is 8.42 Å². The zero-order valence-electron chi connectivity index (χ0n) is 10.3. The predicted molar refractivity (Wildman–Crippen MR) is 70.9 cm³/mol. The van der Waals surface area contributed by atoms with E-state index >= 15 is 0 Å². The van der Waals surface area contributed by atoms with Crippen molar-refractivity contribution in [3.05, 3.63) is 0 Å². The molecule has 0 fully saturated rings. The molecule has 0 aliphatic heterocycles. The molecule has 0 rings (SSSR count). The number of hydrogen-bond acceptors (Lipinski definition) is 3. The maximum Gasteiger partial charge on any atom is 0.150 e. The van der Waals surface area contributed by atoms with Crippen molar-refractivity contribution in [2.24, 2.45) is 5.92 Å². The van der Waals surface area contributed by atoms with Gasteiger partial charge in [-0.15, -0.1) is 11.6 Å². The van der Waals surface area contributed by atoms with E-state index < -0.39 is 9.84 Å². The van der Waals surface area contributed by atoms with Gasteiger partial charge in [0, 0.05) is 11.6 Å². The lowest BCUT2D eigenvalue weighted by Gasteiger charge is -2.08. The number of sulfone groups is 1. The van der Waals surface area contributed by atoms with Crippen molar-refractivity contribution in [2.45, 2.75) is 33.1 Å². The van der Waals surface area contributed by atoms with Gasteiger partial charge in [-0.3, -0.25) is 0 Å². The van der Waals surface area contributed by atoms with Gasteiger partial charge >= 0.3 is 0 Å². The average molecular weight is 270 g/mol. The summed E-state index contributed by atoms with van der Waals surface area (Å²) in [7, 11) is -2.79. The Labute approximate surface area is 105 Å². The van der Waals surface area contributed by atoms with E-state index in [1.54, 1.807) is 6.92 Å². The van der Waals surface area contributed by atoms with Crippen LogP contribution in [0.4, 0.5) is 0 Å². The Morgan fingerprint density at radius 2 is 1.88 bits per heavy atom. The third-order valence-electron chi connectivity index (χ3n) is 2.56. The summed E-state index contributed by atoms with van der Waals surface area (Å²) in [5.41, 5.74) is 0. The molecular weight excluding hydrogens is 246 g/mol. The van der Waals surface area contributed by atoms with Gasteiger partial charge in [0.15, 0.2) is 0 Å². The molecule has 0 heterocycles. The first-order valence-corrected chi connectivity index (χ1v) is 8.34. The number of alkyl halides is 1. The molecule has 0 amide bonds. The van der Waals surface area contributed by atoms with Crippen LogP contribution in [0, 0.1) is 5.92 Å². The maximum absolute atomic E-state index is 11.2. The summed E-state index contributed by atoms with van der Waals surface area (Å²) >= 11 is 5.69. The molecule has 0 spiro atoms. The Bertz CT molecular complexity index is 255. The minimum Gasteiger partial charge on any atom is -0.317 e. The normalized spacial score (nSPS) is 13.9. The van der Waals surface area contributed by atoms with E-state index in [9.17, 15) is 8.42 Å². The van der Waals surface area contributed by atoms with Gasteiger partial charge in [-0.2, -0.15) is 0 Å². The summed E-state index contributed by atoms with van der Waals surface area (Å²) < 4.78 is 22.3. The molecule has 0 saturated heterocycles. The third-order valence-corrected chi connectivity index (χ3v) is 4.88. The first-order chi connectivity index (χ1) is 7.52. The highest BCUT2D eigenvalue weighted by atomic mass is 35.5. The van der Waals surface area contributed by atoms with Gasteiger partial charge < -0.3 is 5.32 Å². The minimum absolute atomic E-state index is 0.250. The van der Waals surface area contributed by atoms with E-state index in [0.717, 1.165) is 31.8 Å². The molecule has 3 nitrogen and oxygen atoms in total. The van der Waals surface area contributed by atoms with Crippen LogP contribution < -0.4 is 5.32 Å². The molecule has 98 valence electrons. The second-order valence-electron chi connectivity index (χ2n) is 4.24. The molecule has 5 heteroatoms. The summed E-state index contributed by atoms with van der Waals surface area (Å²) in [6.07, 6.45) is 2.94. The van der Waals surface area contributed by atoms with Gasteiger partial charge in [-0.05, 0) is 38.3 Å². The molecule has 0 bridgehead atoms. The fraction of sp³-hybridized carbons (Fsp3) is 1.00. The lowest BCUT2D eigenvalue weighted by molar-refractivity contribution is 0.530. The molecule has 0 aliphatic rings. The molecular formula is C11H24ClNO2S. The predicted octanol–water partition coefficient (Wildman–Crippen LogP) is 2.06. The topological polar surface area (TPSA) is 46.2 Å². The van der Waals surface area contributed by atoms with Crippen molar-refractivity contribution >= 4 is 21.4 Å². The average Bonchev–Trinajstić information content (AvgIpc) is 2.27. The van der Waals surface area contributed by atoms with Crippen LogP contribution >= 0.6 is 11.6 Å². The molecule has 1 atom stereocenters. The van der Waals surface area contributed by atoms with Crippen LogP contribution in [0.3, 0.4) is 0 Å². The van der Waals surface area contributed by atoms with E-state index in [-0.39, 0.29) is 5.75 Å². The lowest BCUT2D eigenvalue weighted by atomic mass is 10.1. The summed E-state index contributed by atoms with van der Waals surface area (Å²) in [4.78, 5) is 0. The van der Waals surface area contributed by atoms with E-state index in [4.69, 9.17) is 11.6 Å². The molecule has 0 aromatic heterocycles. The molecule has 0 aromatic carbocycles. The van der Waals surface area contributed by atoms with Crippen LogP contribution in [0.15, 0.2) is 0 Å². The summed E-state index contributed by atoms with van der Waals surface area (Å²) in [6.45, 7) is 5.57. The lowest BCUT2D eigenvalue weighted by Crippen LogP contribution is -2.20. The van der Waals surface area contributed by atoms with Crippen molar-refractivity contribution < 1.29 is 8.42 Å². The minimum atomic E-state index is -2.79. The van der Waals surface area contributed by atoms with E-state index in [1.165, 1.54) is 0 Å². The molecule has 1 unspecified atom stereocenters. The first kappa shape index (κ1) is 16.2. The zero-order chi connectivity index (χ0) is 12.4. The van der Waals surface area contributed by atoms with Gasteiger partial charge in [0.1, 0.15) is 9.84 Å². The molecule has 1 N–H and O–H groups in total.